The highest BCUT2D eigenvalue weighted by Gasteiger charge is 2.33. The Morgan fingerprint density at radius 1 is 1.13 bits per heavy atom. The molecule has 4 heterocycles. The Morgan fingerprint density at radius 2 is 1.90 bits per heavy atom. The van der Waals surface area contributed by atoms with E-state index in [2.05, 4.69) is 14.9 Å². The number of alkyl halides is 3. The zero-order chi connectivity index (χ0) is 21.3. The second kappa shape index (κ2) is 8.22. The van der Waals surface area contributed by atoms with Crippen molar-refractivity contribution in [1.82, 2.24) is 14.9 Å². The lowest BCUT2D eigenvalue weighted by molar-refractivity contribution is -0.141. The summed E-state index contributed by atoms with van der Waals surface area (Å²) in [5.74, 6) is -0.572. The molecule has 2 aromatic rings. The van der Waals surface area contributed by atoms with E-state index in [-0.39, 0.29) is 5.69 Å². The molecule has 30 heavy (non-hydrogen) atoms. The zero-order valence-corrected chi connectivity index (χ0v) is 16.6. The predicted molar refractivity (Wildman–Crippen MR) is 106 cm³/mol. The van der Waals surface area contributed by atoms with Crippen molar-refractivity contribution in [1.29, 1.82) is 0 Å². The molecule has 0 saturated carbocycles. The summed E-state index contributed by atoms with van der Waals surface area (Å²) in [4.78, 5) is 24.1. The number of rotatable bonds is 4. The van der Waals surface area contributed by atoms with Crippen molar-refractivity contribution in [3.63, 3.8) is 0 Å². The SMILES string of the molecule is NC(=O)c1cc(N2CCCCC2)c2c(n1)CN(Cc1ccnc(C(F)(F)F)c1)CC2. The summed E-state index contributed by atoms with van der Waals surface area (Å²) >= 11 is 0. The first-order chi connectivity index (χ1) is 14.3. The average Bonchev–Trinajstić information content (AvgIpc) is 2.73. The molecule has 0 aromatic carbocycles. The van der Waals surface area contributed by atoms with Crippen molar-refractivity contribution < 1.29 is 18.0 Å². The number of anilines is 1. The van der Waals surface area contributed by atoms with E-state index in [1.165, 1.54) is 12.6 Å². The van der Waals surface area contributed by atoms with Crippen LogP contribution in [0.2, 0.25) is 0 Å². The lowest BCUT2D eigenvalue weighted by Crippen LogP contribution is -2.36. The van der Waals surface area contributed by atoms with Gasteiger partial charge in [-0.2, -0.15) is 13.2 Å². The second-order valence-corrected chi connectivity index (χ2v) is 7.87. The number of primary amides is 1. The van der Waals surface area contributed by atoms with E-state index in [0.717, 1.165) is 55.4 Å². The molecular weight excluding hydrogens is 395 g/mol. The Labute approximate surface area is 172 Å². The number of carbonyl (C=O) groups excluding carboxylic acids is 1. The minimum atomic E-state index is -4.47. The molecule has 2 aromatic heterocycles. The molecule has 0 atom stereocenters. The number of piperidine rings is 1. The number of pyridine rings is 2. The van der Waals surface area contributed by atoms with Crippen LogP contribution in [0, 0.1) is 0 Å². The number of nitrogens with two attached hydrogens (primary N) is 1. The maximum absolute atomic E-state index is 13.0. The number of halogens is 3. The summed E-state index contributed by atoms with van der Waals surface area (Å²) < 4.78 is 38.9. The fourth-order valence-corrected chi connectivity index (χ4v) is 4.24. The Hall–Kier alpha value is -2.68. The molecule has 6 nitrogen and oxygen atoms in total. The highest BCUT2D eigenvalue weighted by molar-refractivity contribution is 5.92. The van der Waals surface area contributed by atoms with Crippen molar-refractivity contribution in [3.8, 4) is 0 Å². The van der Waals surface area contributed by atoms with E-state index in [4.69, 9.17) is 5.73 Å². The summed E-state index contributed by atoms with van der Waals surface area (Å²) in [7, 11) is 0. The average molecular weight is 419 g/mol. The van der Waals surface area contributed by atoms with E-state index in [0.29, 0.717) is 25.2 Å². The summed E-state index contributed by atoms with van der Waals surface area (Å²) in [6.45, 7) is 3.40. The first-order valence-corrected chi connectivity index (χ1v) is 10.1. The van der Waals surface area contributed by atoms with Crippen LogP contribution < -0.4 is 10.6 Å². The van der Waals surface area contributed by atoms with Crippen LogP contribution in [0.25, 0.3) is 0 Å². The number of carbonyl (C=O) groups is 1. The van der Waals surface area contributed by atoms with Crippen LogP contribution in [-0.2, 0) is 25.7 Å². The topological polar surface area (TPSA) is 75.4 Å². The van der Waals surface area contributed by atoms with Gasteiger partial charge in [0.2, 0.25) is 0 Å². The summed E-state index contributed by atoms with van der Waals surface area (Å²) in [5, 5.41) is 0. The van der Waals surface area contributed by atoms with Crippen LogP contribution in [0.5, 0.6) is 0 Å². The fraction of sp³-hybridized carbons (Fsp3) is 0.476. The lowest BCUT2D eigenvalue weighted by atomic mass is 9.99. The molecule has 0 aliphatic carbocycles. The van der Waals surface area contributed by atoms with E-state index in [1.54, 1.807) is 12.1 Å². The number of nitrogens with zero attached hydrogens (tertiary/aromatic N) is 4. The van der Waals surface area contributed by atoms with Gasteiger partial charge in [-0.05, 0) is 55.0 Å². The monoisotopic (exact) mass is 419 g/mol. The van der Waals surface area contributed by atoms with Gasteiger partial charge in [-0.25, -0.2) is 4.98 Å². The molecule has 1 fully saturated rings. The minimum absolute atomic E-state index is 0.236. The Balaban J connectivity index is 1.59. The third kappa shape index (κ3) is 4.40. The first kappa shape index (κ1) is 20.6. The molecule has 160 valence electrons. The maximum atomic E-state index is 13.0. The quantitative estimate of drug-likeness (QED) is 0.824. The Morgan fingerprint density at radius 3 is 2.60 bits per heavy atom. The van der Waals surface area contributed by atoms with Crippen molar-refractivity contribution in [3.05, 3.63) is 52.6 Å². The summed E-state index contributed by atoms with van der Waals surface area (Å²) in [6.07, 6.45) is 0.869. The normalized spacial score (nSPS) is 17.6. The standard InChI is InChI=1S/C21H24F3N5O/c22-21(23,24)19-10-14(4-6-26-19)12-28-9-5-15-17(13-28)27-16(20(25)30)11-18(15)29-7-2-1-3-8-29/h4,6,10-11H,1-3,5,7-9,12-13H2,(H2,25,30). The van der Waals surface area contributed by atoms with Gasteiger partial charge in [0.15, 0.2) is 0 Å². The van der Waals surface area contributed by atoms with Crippen LogP contribution in [-0.4, -0.2) is 40.4 Å². The van der Waals surface area contributed by atoms with E-state index < -0.39 is 17.8 Å². The molecule has 0 bridgehead atoms. The molecule has 9 heteroatoms. The number of hydrogen-bond acceptors (Lipinski definition) is 5. The van der Waals surface area contributed by atoms with Crippen LogP contribution in [0.4, 0.5) is 18.9 Å². The second-order valence-electron chi connectivity index (χ2n) is 7.87. The number of fused-ring (bicyclic) bond motifs is 1. The molecule has 2 N–H and O–H groups in total. The van der Waals surface area contributed by atoms with Crippen molar-refractivity contribution in [2.75, 3.05) is 24.5 Å². The van der Waals surface area contributed by atoms with E-state index in [9.17, 15) is 18.0 Å². The molecule has 2 aliphatic heterocycles. The number of amides is 1. The fourth-order valence-electron chi connectivity index (χ4n) is 4.24. The Bertz CT molecular complexity index is 941. The molecule has 0 unspecified atom stereocenters. The lowest BCUT2D eigenvalue weighted by Gasteiger charge is -2.35. The van der Waals surface area contributed by atoms with Crippen LogP contribution in [0.15, 0.2) is 24.4 Å². The van der Waals surface area contributed by atoms with Crippen LogP contribution >= 0.6 is 0 Å². The summed E-state index contributed by atoms with van der Waals surface area (Å²) in [5.41, 5.74) is 8.32. The van der Waals surface area contributed by atoms with Crippen molar-refractivity contribution in [2.24, 2.45) is 5.73 Å². The van der Waals surface area contributed by atoms with Gasteiger partial charge in [-0.3, -0.25) is 14.7 Å². The summed E-state index contributed by atoms with van der Waals surface area (Å²) in [6, 6.07) is 4.47. The number of hydrogen-bond donors (Lipinski definition) is 1. The first-order valence-electron chi connectivity index (χ1n) is 10.1. The highest BCUT2D eigenvalue weighted by Crippen LogP contribution is 2.32. The van der Waals surface area contributed by atoms with Gasteiger partial charge in [0.1, 0.15) is 11.4 Å². The van der Waals surface area contributed by atoms with Crippen LogP contribution in [0.3, 0.4) is 0 Å². The maximum Gasteiger partial charge on any atom is 0.433 e. The van der Waals surface area contributed by atoms with Gasteiger partial charge >= 0.3 is 6.18 Å². The largest absolute Gasteiger partial charge is 0.433 e. The Kier molecular flexibility index (Phi) is 5.64. The number of aromatic nitrogens is 2. The van der Waals surface area contributed by atoms with Gasteiger partial charge in [0.05, 0.1) is 5.69 Å². The van der Waals surface area contributed by atoms with Gasteiger partial charge in [0, 0.05) is 44.6 Å². The van der Waals surface area contributed by atoms with Gasteiger partial charge in [-0.15, -0.1) is 0 Å². The smallest absolute Gasteiger partial charge is 0.371 e. The highest BCUT2D eigenvalue weighted by atomic mass is 19.4. The third-order valence-corrected chi connectivity index (χ3v) is 5.71. The van der Waals surface area contributed by atoms with Crippen molar-refractivity contribution >= 4 is 11.6 Å². The van der Waals surface area contributed by atoms with Crippen molar-refractivity contribution in [2.45, 2.75) is 44.9 Å². The molecule has 4 rings (SSSR count). The van der Waals surface area contributed by atoms with E-state index in [1.807, 2.05) is 4.90 Å². The zero-order valence-electron chi connectivity index (χ0n) is 16.6. The third-order valence-electron chi connectivity index (χ3n) is 5.71. The van der Waals surface area contributed by atoms with Gasteiger partial charge in [-0.1, -0.05) is 0 Å². The predicted octanol–water partition coefficient (Wildman–Crippen LogP) is 3.14. The molecular formula is C21H24F3N5O. The minimum Gasteiger partial charge on any atom is -0.371 e. The van der Waals surface area contributed by atoms with E-state index >= 15 is 0 Å². The molecule has 2 aliphatic rings. The van der Waals surface area contributed by atoms with Crippen LogP contribution in [0.1, 0.15) is 52.3 Å². The van der Waals surface area contributed by atoms with Gasteiger partial charge in [0.25, 0.3) is 5.91 Å². The molecule has 1 saturated heterocycles. The molecule has 0 spiro atoms. The molecule has 1 amide bonds. The molecule has 0 radical (unpaired) electrons. The van der Waals surface area contributed by atoms with Gasteiger partial charge < -0.3 is 10.6 Å².